The third-order valence-corrected chi connectivity index (χ3v) is 5.76. The molecule has 32 heavy (non-hydrogen) atoms. The van der Waals surface area contributed by atoms with Crippen LogP contribution in [0.3, 0.4) is 0 Å². The zero-order valence-corrected chi connectivity index (χ0v) is 21.0. The van der Waals surface area contributed by atoms with Gasteiger partial charge in [-0.2, -0.15) is 0 Å². The Morgan fingerprint density at radius 1 is 0.688 bits per heavy atom. The quantitative estimate of drug-likeness (QED) is 0.166. The maximum Gasteiger partial charge on any atom is 0.158 e. The summed E-state index contributed by atoms with van der Waals surface area (Å²) in [7, 11) is 0. The van der Waals surface area contributed by atoms with Gasteiger partial charge in [0, 0.05) is 0 Å². The molecular weight excluding hydrogens is 445 g/mol. The second-order valence-electron chi connectivity index (χ2n) is 7.84. The minimum Gasteiger partial charge on any atom is -0.494 e. The van der Waals surface area contributed by atoms with Gasteiger partial charge in [-0.15, -0.1) is 0 Å². The van der Waals surface area contributed by atoms with Crippen molar-refractivity contribution in [2.24, 2.45) is 0 Å². The fourth-order valence-corrected chi connectivity index (χ4v) is 3.92. The fraction of sp³-hybridized carbons (Fsp3) is 0.538. The summed E-state index contributed by atoms with van der Waals surface area (Å²) in [5.41, 5.74) is 0.471. The molecule has 4 nitrogen and oxygen atoms in total. The molecule has 0 saturated carbocycles. The fourth-order valence-electron chi connectivity index (χ4n) is 3.39. The summed E-state index contributed by atoms with van der Waals surface area (Å²) in [5, 5.41) is 2.15. The summed E-state index contributed by atoms with van der Waals surface area (Å²) in [4.78, 5) is 11.4. The first-order valence-corrected chi connectivity index (χ1v) is 12.7. The highest BCUT2D eigenvalue weighted by molar-refractivity contribution is 6.39. The number of unbranched alkanes of at least 4 members (excludes halogenated alkanes) is 9. The molecule has 0 bridgehead atoms. The average molecular weight is 482 g/mol. The Balaban J connectivity index is 1.69. The Labute approximate surface area is 203 Å². The summed E-state index contributed by atoms with van der Waals surface area (Å²) in [6.45, 7) is 5.27. The maximum atomic E-state index is 6.28. The van der Waals surface area contributed by atoms with Crippen LogP contribution >= 0.6 is 23.2 Å². The molecule has 0 aliphatic carbocycles. The van der Waals surface area contributed by atoms with Crippen LogP contribution in [-0.2, 0) is 4.84 Å². The number of anilines is 1. The summed E-state index contributed by atoms with van der Waals surface area (Å²) in [6, 6.07) is 12.7. The SMILES string of the molecule is CCCCCCCCCCCCOc1ccc(ON(OCC)c2c(Cl)cccc2Cl)cc1. The standard InChI is InChI=1S/C26H37Cl2NO3/c1-3-5-6-7-8-9-10-11-12-13-21-30-22-17-19-23(20-18-22)32-29(31-4-2)26-24(27)15-14-16-25(26)28/h14-20H,3-13,21H2,1-2H3. The van der Waals surface area contributed by atoms with E-state index in [9.17, 15) is 0 Å². The Morgan fingerprint density at radius 3 is 1.78 bits per heavy atom. The highest BCUT2D eigenvalue weighted by atomic mass is 35.5. The maximum absolute atomic E-state index is 6.28. The van der Waals surface area contributed by atoms with Crippen molar-refractivity contribution in [2.75, 3.05) is 18.4 Å². The van der Waals surface area contributed by atoms with Crippen molar-refractivity contribution >= 4 is 28.9 Å². The molecule has 0 fully saturated rings. The van der Waals surface area contributed by atoms with Gasteiger partial charge < -0.3 is 9.57 Å². The van der Waals surface area contributed by atoms with Crippen molar-refractivity contribution in [1.82, 2.24) is 0 Å². The molecule has 178 valence electrons. The van der Waals surface area contributed by atoms with Crippen LogP contribution in [0.5, 0.6) is 11.5 Å². The van der Waals surface area contributed by atoms with Gasteiger partial charge in [0.1, 0.15) is 11.4 Å². The minimum atomic E-state index is 0.404. The molecule has 0 heterocycles. The molecule has 0 aliphatic heterocycles. The lowest BCUT2D eigenvalue weighted by molar-refractivity contribution is -0.0173. The first-order chi connectivity index (χ1) is 15.7. The normalized spacial score (nSPS) is 10.9. The van der Waals surface area contributed by atoms with Crippen LogP contribution in [0.1, 0.15) is 78.1 Å². The molecular formula is C26H37Cl2NO3. The van der Waals surface area contributed by atoms with E-state index >= 15 is 0 Å². The van der Waals surface area contributed by atoms with Crippen LogP contribution in [0, 0.1) is 0 Å². The van der Waals surface area contributed by atoms with Crippen LogP contribution in [-0.4, -0.2) is 13.2 Å². The van der Waals surface area contributed by atoms with Crippen LogP contribution in [0.25, 0.3) is 0 Å². The van der Waals surface area contributed by atoms with E-state index in [4.69, 9.17) is 37.6 Å². The highest BCUT2D eigenvalue weighted by Crippen LogP contribution is 2.34. The number of hydrogen-bond donors (Lipinski definition) is 0. The van der Waals surface area contributed by atoms with Gasteiger partial charge in [0.2, 0.25) is 0 Å². The smallest absolute Gasteiger partial charge is 0.158 e. The van der Waals surface area contributed by atoms with Crippen LogP contribution < -0.4 is 14.8 Å². The van der Waals surface area contributed by atoms with Gasteiger partial charge in [-0.25, -0.2) is 4.84 Å². The number of halogens is 2. The third kappa shape index (κ3) is 9.89. The molecule has 2 aromatic carbocycles. The van der Waals surface area contributed by atoms with Crippen molar-refractivity contribution in [3.05, 3.63) is 52.5 Å². The lowest BCUT2D eigenvalue weighted by Gasteiger charge is -2.24. The molecule has 0 amide bonds. The van der Waals surface area contributed by atoms with Crippen molar-refractivity contribution < 1.29 is 14.4 Å². The van der Waals surface area contributed by atoms with E-state index in [0.29, 0.717) is 28.1 Å². The van der Waals surface area contributed by atoms with E-state index in [1.54, 1.807) is 18.2 Å². The predicted octanol–water partition coefficient (Wildman–Crippen LogP) is 9.04. The van der Waals surface area contributed by atoms with E-state index < -0.39 is 0 Å². The lowest BCUT2D eigenvalue weighted by Crippen LogP contribution is -2.28. The molecule has 0 unspecified atom stereocenters. The molecule has 2 rings (SSSR count). The van der Waals surface area contributed by atoms with Gasteiger partial charge >= 0.3 is 0 Å². The summed E-state index contributed by atoms with van der Waals surface area (Å²) < 4.78 is 5.87. The first kappa shape index (κ1) is 26.6. The third-order valence-electron chi connectivity index (χ3n) is 5.15. The molecule has 0 spiro atoms. The Morgan fingerprint density at radius 2 is 1.22 bits per heavy atom. The molecule has 0 aromatic heterocycles. The van der Waals surface area contributed by atoms with E-state index in [1.807, 2.05) is 31.2 Å². The Kier molecular flexibility index (Phi) is 13.4. The second-order valence-corrected chi connectivity index (χ2v) is 8.65. The Bertz CT molecular complexity index is 735. The van der Waals surface area contributed by atoms with E-state index in [-0.39, 0.29) is 0 Å². The predicted molar refractivity (Wildman–Crippen MR) is 135 cm³/mol. The van der Waals surface area contributed by atoms with Crippen molar-refractivity contribution in [3.8, 4) is 11.5 Å². The second kappa shape index (κ2) is 16.1. The lowest BCUT2D eigenvalue weighted by atomic mass is 10.1. The first-order valence-electron chi connectivity index (χ1n) is 11.9. The largest absolute Gasteiger partial charge is 0.494 e. The molecule has 0 aliphatic rings. The molecule has 2 aromatic rings. The average Bonchev–Trinajstić information content (AvgIpc) is 2.78. The minimum absolute atomic E-state index is 0.404. The number of ether oxygens (including phenoxy) is 1. The molecule has 6 heteroatoms. The zero-order valence-electron chi connectivity index (χ0n) is 19.5. The molecule has 0 N–H and O–H groups in total. The molecule has 0 saturated heterocycles. The van der Waals surface area contributed by atoms with E-state index in [0.717, 1.165) is 18.8 Å². The number of rotatable bonds is 17. The number of para-hydroxylation sites is 1. The summed E-state index contributed by atoms with van der Waals surface area (Å²) in [6.07, 6.45) is 13.2. The van der Waals surface area contributed by atoms with Crippen LogP contribution in [0.2, 0.25) is 10.0 Å². The summed E-state index contributed by atoms with van der Waals surface area (Å²) in [5.74, 6) is 1.42. The number of hydrogen-bond acceptors (Lipinski definition) is 4. The Hall–Kier alpha value is -1.62. The zero-order chi connectivity index (χ0) is 23.0. The van der Waals surface area contributed by atoms with Gasteiger partial charge in [0.15, 0.2) is 5.75 Å². The van der Waals surface area contributed by atoms with E-state index in [1.165, 1.54) is 63.0 Å². The van der Waals surface area contributed by atoms with Crippen molar-refractivity contribution in [3.63, 3.8) is 0 Å². The topological polar surface area (TPSA) is 30.9 Å². The van der Waals surface area contributed by atoms with Crippen molar-refractivity contribution in [2.45, 2.75) is 78.1 Å². The summed E-state index contributed by atoms with van der Waals surface area (Å²) >= 11 is 12.6. The van der Waals surface area contributed by atoms with Gasteiger partial charge in [-0.3, -0.25) is 0 Å². The van der Waals surface area contributed by atoms with Gasteiger partial charge in [-0.1, -0.05) is 99.2 Å². The monoisotopic (exact) mass is 481 g/mol. The van der Waals surface area contributed by atoms with Gasteiger partial charge in [0.25, 0.3) is 0 Å². The number of nitrogens with zero attached hydrogens (tertiary/aromatic N) is 1. The molecule has 0 radical (unpaired) electrons. The van der Waals surface area contributed by atoms with Gasteiger partial charge in [0.05, 0.1) is 23.3 Å². The molecule has 0 atom stereocenters. The van der Waals surface area contributed by atoms with Crippen LogP contribution in [0.4, 0.5) is 5.69 Å². The van der Waals surface area contributed by atoms with Gasteiger partial charge in [-0.05, 0) is 49.7 Å². The van der Waals surface area contributed by atoms with E-state index in [2.05, 4.69) is 6.92 Å². The van der Waals surface area contributed by atoms with Crippen molar-refractivity contribution in [1.29, 1.82) is 0 Å². The number of benzene rings is 2. The van der Waals surface area contributed by atoms with Crippen LogP contribution in [0.15, 0.2) is 42.5 Å². The highest BCUT2D eigenvalue weighted by Gasteiger charge is 2.17.